The first kappa shape index (κ1) is 16.0. The highest BCUT2D eigenvalue weighted by Crippen LogP contribution is 2.30. The van der Waals surface area contributed by atoms with Gasteiger partial charge in [-0.1, -0.05) is 12.1 Å². The van der Waals surface area contributed by atoms with Crippen molar-refractivity contribution in [2.45, 2.75) is 18.9 Å². The average molecular weight is 342 g/mol. The Balaban J connectivity index is 1.38. The van der Waals surface area contributed by atoms with Crippen LogP contribution in [0.1, 0.15) is 12.8 Å². The standard InChI is InChI=1S/C19H22N2O4/c1-23-15-4-2-3-14(11-15)17-5-6-18(24-17)25-19(22)20-16-12-21-9-7-13(16)8-10-21/h2-6,11,13,16H,7-10,12H2,1H3,(H,20,22). The number of carbonyl (C=O) groups excluding carboxylic acids is 1. The molecule has 3 aliphatic rings. The Morgan fingerprint density at radius 3 is 2.80 bits per heavy atom. The predicted molar refractivity (Wildman–Crippen MR) is 92.8 cm³/mol. The van der Waals surface area contributed by atoms with E-state index in [0.29, 0.717) is 11.7 Å². The molecule has 2 bridgehead atoms. The Bertz CT molecular complexity index is 749. The van der Waals surface area contributed by atoms with Crippen LogP contribution in [0.2, 0.25) is 0 Å². The van der Waals surface area contributed by atoms with Crippen molar-refractivity contribution in [3.05, 3.63) is 36.4 Å². The number of nitrogens with one attached hydrogen (secondary N) is 1. The van der Waals surface area contributed by atoms with Gasteiger partial charge in [-0.3, -0.25) is 0 Å². The molecule has 1 aromatic heterocycles. The number of nitrogens with zero attached hydrogens (tertiary/aromatic N) is 1. The molecule has 3 aliphatic heterocycles. The second-order valence-electron chi connectivity index (χ2n) is 6.63. The van der Waals surface area contributed by atoms with Gasteiger partial charge >= 0.3 is 6.09 Å². The van der Waals surface area contributed by atoms with E-state index in [1.54, 1.807) is 19.2 Å². The molecule has 1 amide bonds. The first-order valence-corrected chi connectivity index (χ1v) is 8.66. The zero-order chi connectivity index (χ0) is 17.2. The van der Waals surface area contributed by atoms with E-state index in [1.807, 2.05) is 24.3 Å². The summed E-state index contributed by atoms with van der Waals surface area (Å²) in [6.07, 6.45) is 1.84. The molecule has 2 aromatic rings. The third kappa shape index (κ3) is 3.49. The minimum Gasteiger partial charge on any atom is -0.497 e. The highest BCUT2D eigenvalue weighted by Gasteiger charge is 2.35. The number of methoxy groups -OCH3 is 1. The van der Waals surface area contributed by atoms with Crippen LogP contribution >= 0.6 is 0 Å². The SMILES string of the molecule is COc1cccc(-c2ccc(OC(=O)NC3CN4CCC3CC4)o2)c1. The van der Waals surface area contributed by atoms with Crippen LogP contribution in [0.4, 0.5) is 4.79 Å². The molecular formula is C19H22N2O4. The fourth-order valence-corrected chi connectivity index (χ4v) is 3.71. The monoisotopic (exact) mass is 342 g/mol. The van der Waals surface area contributed by atoms with Crippen molar-refractivity contribution in [1.29, 1.82) is 0 Å². The number of hydrogen-bond donors (Lipinski definition) is 1. The summed E-state index contributed by atoms with van der Waals surface area (Å²) in [4.78, 5) is 14.6. The first-order chi connectivity index (χ1) is 12.2. The lowest BCUT2D eigenvalue weighted by atomic mass is 9.84. The fourth-order valence-electron chi connectivity index (χ4n) is 3.71. The predicted octanol–water partition coefficient (Wildman–Crippen LogP) is 3.14. The quantitative estimate of drug-likeness (QED) is 0.925. The molecule has 1 atom stereocenters. The molecule has 6 heteroatoms. The van der Waals surface area contributed by atoms with Crippen molar-refractivity contribution in [3.63, 3.8) is 0 Å². The number of rotatable bonds is 4. The number of ether oxygens (including phenoxy) is 2. The summed E-state index contributed by atoms with van der Waals surface area (Å²) in [6, 6.07) is 11.1. The molecule has 1 unspecified atom stereocenters. The van der Waals surface area contributed by atoms with Gasteiger partial charge in [-0.05, 0) is 50.0 Å². The first-order valence-electron chi connectivity index (χ1n) is 8.66. The van der Waals surface area contributed by atoms with E-state index < -0.39 is 6.09 Å². The van der Waals surface area contributed by atoms with Gasteiger partial charge in [0, 0.05) is 24.2 Å². The van der Waals surface area contributed by atoms with Crippen LogP contribution in [0.15, 0.2) is 40.8 Å². The zero-order valence-corrected chi connectivity index (χ0v) is 14.2. The molecular weight excluding hydrogens is 320 g/mol. The van der Waals surface area contributed by atoms with Crippen molar-refractivity contribution < 1.29 is 18.7 Å². The lowest BCUT2D eigenvalue weighted by Gasteiger charge is -2.44. The molecule has 132 valence electrons. The third-order valence-electron chi connectivity index (χ3n) is 5.09. The Hall–Kier alpha value is -2.47. The summed E-state index contributed by atoms with van der Waals surface area (Å²) >= 11 is 0. The lowest BCUT2D eigenvalue weighted by Crippen LogP contribution is -2.57. The molecule has 3 fully saturated rings. The van der Waals surface area contributed by atoms with Crippen LogP contribution in [0.25, 0.3) is 11.3 Å². The minimum absolute atomic E-state index is 0.169. The largest absolute Gasteiger partial charge is 0.497 e. The van der Waals surface area contributed by atoms with Gasteiger partial charge in [0.1, 0.15) is 11.5 Å². The Kier molecular flexibility index (Phi) is 4.36. The second kappa shape index (κ2) is 6.80. The fraction of sp³-hybridized carbons (Fsp3) is 0.421. The van der Waals surface area contributed by atoms with Gasteiger partial charge in [0.25, 0.3) is 5.95 Å². The zero-order valence-electron chi connectivity index (χ0n) is 14.2. The second-order valence-corrected chi connectivity index (χ2v) is 6.63. The summed E-state index contributed by atoms with van der Waals surface area (Å²) in [7, 11) is 1.62. The maximum absolute atomic E-state index is 12.2. The maximum Gasteiger partial charge on any atom is 0.415 e. The van der Waals surface area contributed by atoms with Gasteiger partial charge in [0.05, 0.1) is 7.11 Å². The number of piperidine rings is 3. The highest BCUT2D eigenvalue weighted by molar-refractivity contribution is 5.70. The molecule has 1 N–H and O–H groups in total. The molecule has 0 spiro atoms. The van der Waals surface area contributed by atoms with Crippen LogP contribution in [0.5, 0.6) is 11.7 Å². The number of benzene rings is 1. The Morgan fingerprint density at radius 1 is 1.24 bits per heavy atom. The molecule has 0 aliphatic carbocycles. The Morgan fingerprint density at radius 2 is 2.08 bits per heavy atom. The van der Waals surface area contributed by atoms with Crippen LogP contribution < -0.4 is 14.8 Å². The van der Waals surface area contributed by atoms with Gasteiger partial charge < -0.3 is 24.1 Å². The molecule has 3 saturated heterocycles. The van der Waals surface area contributed by atoms with Crippen LogP contribution in [0, 0.1) is 5.92 Å². The smallest absolute Gasteiger partial charge is 0.415 e. The molecule has 0 radical (unpaired) electrons. The molecule has 25 heavy (non-hydrogen) atoms. The van der Waals surface area contributed by atoms with Crippen molar-refractivity contribution in [1.82, 2.24) is 10.2 Å². The van der Waals surface area contributed by atoms with Gasteiger partial charge in [0.2, 0.25) is 0 Å². The van der Waals surface area contributed by atoms with E-state index in [1.165, 1.54) is 0 Å². The third-order valence-corrected chi connectivity index (χ3v) is 5.09. The van der Waals surface area contributed by atoms with Crippen LogP contribution in [-0.4, -0.2) is 43.8 Å². The summed E-state index contributed by atoms with van der Waals surface area (Å²) in [5, 5.41) is 2.98. The van der Waals surface area contributed by atoms with E-state index in [0.717, 1.165) is 43.8 Å². The van der Waals surface area contributed by atoms with Gasteiger partial charge in [0.15, 0.2) is 0 Å². The van der Waals surface area contributed by atoms with Crippen molar-refractivity contribution in [2.24, 2.45) is 5.92 Å². The van der Waals surface area contributed by atoms with Gasteiger partial charge in [-0.15, -0.1) is 0 Å². The topological polar surface area (TPSA) is 63.9 Å². The highest BCUT2D eigenvalue weighted by atomic mass is 16.6. The van der Waals surface area contributed by atoms with E-state index in [-0.39, 0.29) is 12.0 Å². The van der Waals surface area contributed by atoms with E-state index >= 15 is 0 Å². The van der Waals surface area contributed by atoms with Crippen molar-refractivity contribution in [3.8, 4) is 23.0 Å². The van der Waals surface area contributed by atoms with Gasteiger partial charge in [-0.25, -0.2) is 4.79 Å². The van der Waals surface area contributed by atoms with Crippen molar-refractivity contribution in [2.75, 3.05) is 26.7 Å². The summed E-state index contributed by atoms with van der Waals surface area (Å²) in [5.41, 5.74) is 0.868. The number of furan rings is 1. The van der Waals surface area contributed by atoms with Gasteiger partial charge in [-0.2, -0.15) is 0 Å². The van der Waals surface area contributed by atoms with Crippen LogP contribution in [0.3, 0.4) is 0 Å². The number of amides is 1. The molecule has 0 saturated carbocycles. The number of fused-ring (bicyclic) bond motifs is 3. The summed E-state index contributed by atoms with van der Waals surface area (Å²) in [6.45, 7) is 3.19. The van der Waals surface area contributed by atoms with E-state index in [9.17, 15) is 4.79 Å². The van der Waals surface area contributed by atoms with Crippen molar-refractivity contribution >= 4 is 6.09 Å². The average Bonchev–Trinajstić information content (AvgIpc) is 3.11. The Labute approximate surface area is 146 Å². The van der Waals surface area contributed by atoms with Crippen LogP contribution in [-0.2, 0) is 0 Å². The lowest BCUT2D eigenvalue weighted by molar-refractivity contribution is 0.0715. The number of hydrogen-bond acceptors (Lipinski definition) is 5. The number of carbonyl (C=O) groups is 1. The molecule has 4 heterocycles. The molecule has 1 aromatic carbocycles. The normalized spacial score (nSPS) is 24.8. The molecule has 6 nitrogen and oxygen atoms in total. The maximum atomic E-state index is 12.2. The van der Waals surface area contributed by atoms with E-state index in [2.05, 4.69) is 10.2 Å². The minimum atomic E-state index is -0.453. The summed E-state index contributed by atoms with van der Waals surface area (Å²) < 4.78 is 16.2. The summed E-state index contributed by atoms with van der Waals surface area (Å²) in [5.74, 6) is 2.12. The molecule has 5 rings (SSSR count). The van der Waals surface area contributed by atoms with E-state index in [4.69, 9.17) is 13.9 Å².